The lowest BCUT2D eigenvalue weighted by atomic mass is 10.1. The van der Waals surface area contributed by atoms with Crippen molar-refractivity contribution in [2.75, 3.05) is 52.5 Å². The minimum atomic E-state index is -1.17. The van der Waals surface area contributed by atoms with Gasteiger partial charge in [0.05, 0.1) is 18.2 Å². The average Bonchev–Trinajstić information content (AvgIpc) is 3.57. The Hall–Kier alpha value is -5.15. The molecule has 1 saturated carbocycles. The monoisotopic (exact) mass is 667 g/mol. The van der Waals surface area contributed by atoms with Crippen LogP contribution in [-0.2, 0) is 23.9 Å². The maximum Gasteiger partial charge on any atom is 0.409 e. The van der Waals surface area contributed by atoms with Crippen molar-refractivity contribution in [3.63, 3.8) is 0 Å². The van der Waals surface area contributed by atoms with Crippen molar-refractivity contribution in [3.8, 4) is 11.6 Å². The van der Waals surface area contributed by atoms with Crippen molar-refractivity contribution in [1.82, 2.24) is 35.1 Å². The lowest BCUT2D eigenvalue weighted by Crippen LogP contribution is -2.56. The number of nitrogens with zero attached hydrogens (tertiary/aromatic N) is 5. The molecule has 3 fully saturated rings. The van der Waals surface area contributed by atoms with Gasteiger partial charge in [-0.1, -0.05) is 18.2 Å². The summed E-state index contributed by atoms with van der Waals surface area (Å²) in [6.07, 6.45) is 1.53. The number of nitrogens with one attached hydrogen (secondary N) is 2. The molecule has 0 radical (unpaired) electrons. The third-order valence-electron chi connectivity index (χ3n) is 8.46. The first-order valence-corrected chi connectivity index (χ1v) is 16.2. The quantitative estimate of drug-likeness (QED) is 0.273. The number of rotatable bonds is 13. The van der Waals surface area contributed by atoms with Crippen molar-refractivity contribution in [3.05, 3.63) is 42.1 Å². The van der Waals surface area contributed by atoms with E-state index in [2.05, 4.69) is 15.7 Å². The number of para-hydroxylation sites is 1. The normalized spacial score (nSPS) is 18.2. The standard InChI is InChI=1S/C32H41N7O9/c1-2-47-32(46)37-16-14-36(15-17-37)31(45)24(10-11-28(41)42)34-30(44)25-18-27(39(35-25)23-6-4-3-5-7-23)48-20-26(40)38-13-12-21(19-38)29(43)33-22-8-9-22/h3-7,18,21-22,24H,2,8-17,19-20H2,1H3,(H,33,43)(H,34,44)(H,41,42)/t21?,24-/m0/s1. The number of carboxylic acids is 1. The number of carboxylic acid groups (broad SMARTS) is 1. The maximum atomic E-state index is 13.5. The maximum absolute atomic E-state index is 13.5. The average molecular weight is 668 g/mol. The molecule has 1 aromatic heterocycles. The van der Waals surface area contributed by atoms with Gasteiger partial charge in [-0.3, -0.25) is 24.0 Å². The van der Waals surface area contributed by atoms with Gasteiger partial charge in [-0.2, -0.15) is 5.10 Å². The van der Waals surface area contributed by atoms with E-state index in [4.69, 9.17) is 9.47 Å². The van der Waals surface area contributed by atoms with Crippen LogP contribution in [0.15, 0.2) is 36.4 Å². The van der Waals surface area contributed by atoms with Gasteiger partial charge in [0.25, 0.3) is 11.8 Å². The molecule has 3 N–H and O–H groups in total. The summed E-state index contributed by atoms with van der Waals surface area (Å²) in [7, 11) is 0. The van der Waals surface area contributed by atoms with Crippen LogP contribution in [0.5, 0.6) is 5.88 Å². The second-order valence-corrected chi connectivity index (χ2v) is 12.0. The summed E-state index contributed by atoms with van der Waals surface area (Å²) in [5, 5.41) is 19.3. The minimum absolute atomic E-state index is 0.0365. The van der Waals surface area contributed by atoms with E-state index in [9.17, 15) is 33.9 Å². The van der Waals surface area contributed by atoms with E-state index in [1.165, 1.54) is 20.5 Å². The number of benzene rings is 1. The number of carbonyl (C=O) groups is 6. The van der Waals surface area contributed by atoms with Crippen LogP contribution < -0.4 is 15.4 Å². The zero-order valence-electron chi connectivity index (χ0n) is 26.8. The Kier molecular flexibility index (Phi) is 11.1. The fraction of sp³-hybridized carbons (Fsp3) is 0.531. The fourth-order valence-electron chi connectivity index (χ4n) is 5.61. The summed E-state index contributed by atoms with van der Waals surface area (Å²) in [5.74, 6) is -2.86. The SMILES string of the molecule is CCOC(=O)N1CCN(C(=O)[C@H](CCC(=O)O)NC(=O)c2cc(OCC(=O)N3CCC(C(=O)NC4CC4)C3)n(-c3ccccc3)n2)CC1. The molecule has 2 aromatic rings. The summed E-state index contributed by atoms with van der Waals surface area (Å²) < 4.78 is 12.3. The summed E-state index contributed by atoms with van der Waals surface area (Å²) in [4.78, 5) is 80.4. The zero-order chi connectivity index (χ0) is 34.2. The van der Waals surface area contributed by atoms with Crippen molar-refractivity contribution >= 4 is 35.7 Å². The fourth-order valence-corrected chi connectivity index (χ4v) is 5.61. The summed E-state index contributed by atoms with van der Waals surface area (Å²) in [6, 6.07) is 9.24. The first kappa shape index (κ1) is 34.2. The van der Waals surface area contributed by atoms with Crippen LogP contribution in [0.4, 0.5) is 4.79 Å². The molecule has 258 valence electrons. The number of aromatic nitrogens is 2. The number of piperazine rings is 1. The highest BCUT2D eigenvalue weighted by molar-refractivity contribution is 5.96. The van der Waals surface area contributed by atoms with Gasteiger partial charge in [-0.25, -0.2) is 9.48 Å². The molecule has 2 atom stereocenters. The van der Waals surface area contributed by atoms with E-state index in [0.717, 1.165) is 12.8 Å². The van der Waals surface area contributed by atoms with E-state index in [1.807, 2.05) is 0 Å². The van der Waals surface area contributed by atoms with E-state index in [-0.39, 0.29) is 87.6 Å². The molecule has 2 saturated heterocycles. The van der Waals surface area contributed by atoms with Crippen molar-refractivity contribution in [1.29, 1.82) is 0 Å². The van der Waals surface area contributed by atoms with Gasteiger partial charge in [-0.05, 0) is 44.7 Å². The molecule has 0 bridgehead atoms. The van der Waals surface area contributed by atoms with Crippen LogP contribution in [0.25, 0.3) is 5.69 Å². The second kappa shape index (κ2) is 15.6. The molecule has 3 heterocycles. The Morgan fingerprint density at radius 1 is 0.958 bits per heavy atom. The van der Waals surface area contributed by atoms with Gasteiger partial charge in [0.1, 0.15) is 6.04 Å². The number of ether oxygens (including phenoxy) is 2. The van der Waals surface area contributed by atoms with E-state index < -0.39 is 29.9 Å². The van der Waals surface area contributed by atoms with Crippen LogP contribution in [0.3, 0.4) is 0 Å². The molecule has 3 aliphatic rings. The van der Waals surface area contributed by atoms with E-state index in [0.29, 0.717) is 25.2 Å². The number of hydrogen-bond acceptors (Lipinski definition) is 9. The molecule has 16 heteroatoms. The third-order valence-corrected chi connectivity index (χ3v) is 8.46. The first-order chi connectivity index (χ1) is 23.1. The summed E-state index contributed by atoms with van der Waals surface area (Å²) in [5.41, 5.74) is 0.439. The van der Waals surface area contributed by atoms with E-state index >= 15 is 0 Å². The lowest BCUT2D eigenvalue weighted by molar-refractivity contribution is -0.138. The van der Waals surface area contributed by atoms with Gasteiger partial charge < -0.3 is 39.9 Å². The predicted molar refractivity (Wildman–Crippen MR) is 168 cm³/mol. The van der Waals surface area contributed by atoms with Gasteiger partial charge >= 0.3 is 12.1 Å². The van der Waals surface area contributed by atoms with Gasteiger partial charge in [0.15, 0.2) is 12.3 Å². The Labute approximate surface area is 277 Å². The largest absolute Gasteiger partial charge is 0.481 e. The van der Waals surface area contributed by atoms with Crippen LogP contribution in [0.2, 0.25) is 0 Å². The number of hydrogen-bond donors (Lipinski definition) is 3. The number of likely N-dealkylation sites (tertiary alicyclic amines) is 1. The molecule has 1 aliphatic carbocycles. The Morgan fingerprint density at radius 2 is 1.67 bits per heavy atom. The summed E-state index contributed by atoms with van der Waals surface area (Å²) in [6.45, 7) is 3.15. The predicted octanol–water partition coefficient (Wildman–Crippen LogP) is 0.642. The van der Waals surface area contributed by atoms with Crippen LogP contribution in [-0.4, -0.2) is 130 Å². The molecule has 48 heavy (non-hydrogen) atoms. The second-order valence-electron chi connectivity index (χ2n) is 12.0. The first-order valence-electron chi connectivity index (χ1n) is 16.2. The Balaban J connectivity index is 1.25. The van der Waals surface area contributed by atoms with E-state index in [1.54, 1.807) is 42.2 Å². The molecular formula is C32H41N7O9. The summed E-state index contributed by atoms with van der Waals surface area (Å²) >= 11 is 0. The van der Waals surface area contributed by atoms with Crippen LogP contribution >= 0.6 is 0 Å². The topological polar surface area (TPSA) is 193 Å². The highest BCUT2D eigenvalue weighted by Gasteiger charge is 2.35. The molecule has 1 aromatic carbocycles. The zero-order valence-corrected chi connectivity index (χ0v) is 26.8. The highest BCUT2D eigenvalue weighted by atomic mass is 16.6. The van der Waals surface area contributed by atoms with Gasteiger partial charge in [0.2, 0.25) is 17.7 Å². The van der Waals surface area contributed by atoms with Crippen molar-refractivity contribution in [2.45, 2.75) is 51.1 Å². The molecule has 5 amide bonds. The number of amides is 5. The molecule has 0 spiro atoms. The molecule has 5 rings (SSSR count). The van der Waals surface area contributed by atoms with Crippen LogP contribution in [0.1, 0.15) is 49.5 Å². The van der Waals surface area contributed by atoms with Gasteiger partial charge in [0, 0.05) is 57.8 Å². The Morgan fingerprint density at radius 3 is 2.33 bits per heavy atom. The third kappa shape index (κ3) is 8.80. The van der Waals surface area contributed by atoms with Crippen molar-refractivity contribution in [2.24, 2.45) is 5.92 Å². The highest BCUT2D eigenvalue weighted by Crippen LogP contribution is 2.24. The lowest BCUT2D eigenvalue weighted by Gasteiger charge is -2.35. The Bertz CT molecular complexity index is 1500. The molecule has 1 unspecified atom stereocenters. The van der Waals surface area contributed by atoms with Crippen molar-refractivity contribution < 1.29 is 43.3 Å². The van der Waals surface area contributed by atoms with Crippen LogP contribution in [0, 0.1) is 5.92 Å². The van der Waals surface area contributed by atoms with Gasteiger partial charge in [-0.15, -0.1) is 0 Å². The minimum Gasteiger partial charge on any atom is -0.481 e. The number of aliphatic carboxylic acids is 1. The molecule has 16 nitrogen and oxygen atoms in total. The number of carbonyl (C=O) groups excluding carboxylic acids is 5. The molecular weight excluding hydrogens is 626 g/mol. The smallest absolute Gasteiger partial charge is 0.409 e. The molecule has 2 aliphatic heterocycles.